The molecule has 0 aliphatic rings. The maximum Gasteiger partial charge on any atom is 0.256 e. The molecule has 0 unspecified atom stereocenters. The predicted molar refractivity (Wildman–Crippen MR) is 74.1 cm³/mol. The molecule has 0 bridgehead atoms. The maximum absolute atomic E-state index is 11.9. The number of nitrogens with zero attached hydrogens (tertiary/aromatic N) is 2. The summed E-state index contributed by atoms with van der Waals surface area (Å²) < 4.78 is 0.652. The molecule has 92 valence electrons. The summed E-state index contributed by atoms with van der Waals surface area (Å²) >= 11 is 14.7. The summed E-state index contributed by atoms with van der Waals surface area (Å²) in [6, 6.07) is 4.88. The lowest BCUT2D eigenvalue weighted by Crippen LogP contribution is -2.13. The molecule has 4 nitrogen and oxygen atoms in total. The number of carbonyl (C=O) groups excluding carboxylic acids is 1. The number of amides is 1. The molecule has 1 aromatic carbocycles. The maximum atomic E-state index is 11.9. The molecular formula is C11H6BrCl2N3O. The van der Waals surface area contributed by atoms with Crippen molar-refractivity contribution in [3.8, 4) is 0 Å². The van der Waals surface area contributed by atoms with E-state index in [4.69, 9.17) is 23.2 Å². The van der Waals surface area contributed by atoms with Gasteiger partial charge >= 0.3 is 0 Å². The van der Waals surface area contributed by atoms with Crippen molar-refractivity contribution in [2.75, 3.05) is 5.32 Å². The Hall–Kier alpha value is -1.17. The minimum atomic E-state index is -0.302. The van der Waals surface area contributed by atoms with E-state index in [1.165, 1.54) is 12.4 Å². The zero-order valence-electron chi connectivity index (χ0n) is 8.82. The monoisotopic (exact) mass is 345 g/mol. The molecule has 0 radical (unpaired) electrons. The normalized spacial score (nSPS) is 10.2. The highest BCUT2D eigenvalue weighted by Gasteiger charge is 2.09. The molecular weight excluding hydrogens is 341 g/mol. The fourth-order valence-corrected chi connectivity index (χ4v) is 1.80. The van der Waals surface area contributed by atoms with E-state index in [1.54, 1.807) is 18.2 Å². The van der Waals surface area contributed by atoms with Gasteiger partial charge in [0.25, 0.3) is 5.91 Å². The number of hydrogen-bond acceptors (Lipinski definition) is 3. The summed E-state index contributed by atoms with van der Waals surface area (Å²) in [7, 11) is 0. The van der Waals surface area contributed by atoms with Crippen LogP contribution in [0.15, 0.2) is 35.1 Å². The number of aromatic nitrogens is 2. The fourth-order valence-electron chi connectivity index (χ4n) is 1.20. The number of hydrogen-bond donors (Lipinski definition) is 1. The van der Waals surface area contributed by atoms with Crippen molar-refractivity contribution in [1.29, 1.82) is 0 Å². The molecule has 2 aromatic rings. The Morgan fingerprint density at radius 3 is 2.61 bits per heavy atom. The van der Waals surface area contributed by atoms with Gasteiger partial charge in [0.05, 0.1) is 17.4 Å². The number of carbonyl (C=O) groups is 1. The Bertz CT molecular complexity index is 589. The van der Waals surface area contributed by atoms with Crippen LogP contribution in [0.25, 0.3) is 0 Å². The van der Waals surface area contributed by atoms with Gasteiger partial charge in [0, 0.05) is 10.0 Å². The van der Waals surface area contributed by atoms with Crippen LogP contribution in [0.2, 0.25) is 10.2 Å². The number of halogens is 3. The summed E-state index contributed by atoms with van der Waals surface area (Å²) in [6.07, 6.45) is 2.74. The van der Waals surface area contributed by atoms with Gasteiger partial charge in [-0.2, -0.15) is 0 Å². The van der Waals surface area contributed by atoms with Crippen molar-refractivity contribution in [3.05, 3.63) is 50.8 Å². The Morgan fingerprint density at radius 1 is 1.22 bits per heavy atom. The third-order valence-corrected chi connectivity index (χ3v) is 3.45. The molecule has 0 aliphatic heterocycles. The first-order valence-corrected chi connectivity index (χ1v) is 6.35. The third-order valence-electron chi connectivity index (χ3n) is 2.04. The second-order valence-electron chi connectivity index (χ2n) is 3.31. The van der Waals surface area contributed by atoms with Gasteiger partial charge in [-0.1, -0.05) is 23.2 Å². The fraction of sp³-hybridized carbons (Fsp3) is 0. The Kier molecular flexibility index (Phi) is 4.16. The molecule has 0 fully saturated rings. The Morgan fingerprint density at radius 2 is 2.00 bits per heavy atom. The van der Waals surface area contributed by atoms with Gasteiger partial charge in [0.2, 0.25) is 0 Å². The van der Waals surface area contributed by atoms with Crippen LogP contribution < -0.4 is 5.32 Å². The minimum absolute atomic E-state index is 0.266. The third kappa shape index (κ3) is 3.19. The number of benzene rings is 1. The van der Waals surface area contributed by atoms with Gasteiger partial charge in [0.1, 0.15) is 5.15 Å². The van der Waals surface area contributed by atoms with E-state index in [9.17, 15) is 4.79 Å². The lowest BCUT2D eigenvalue weighted by atomic mass is 10.2. The molecule has 18 heavy (non-hydrogen) atoms. The van der Waals surface area contributed by atoms with Crippen molar-refractivity contribution in [2.24, 2.45) is 0 Å². The van der Waals surface area contributed by atoms with Gasteiger partial charge in [-0.25, -0.2) is 9.97 Å². The van der Waals surface area contributed by atoms with Crippen LogP contribution in [-0.4, -0.2) is 15.9 Å². The smallest absolute Gasteiger partial charge is 0.256 e. The number of anilines is 1. The second kappa shape index (κ2) is 5.65. The van der Waals surface area contributed by atoms with Crippen LogP contribution in [0.1, 0.15) is 10.4 Å². The Balaban J connectivity index is 2.16. The van der Waals surface area contributed by atoms with Crippen LogP contribution in [0.4, 0.5) is 5.82 Å². The van der Waals surface area contributed by atoms with Crippen LogP contribution in [0, 0.1) is 0 Å². The molecule has 7 heteroatoms. The van der Waals surface area contributed by atoms with Gasteiger partial charge in [-0.05, 0) is 34.1 Å². The summed E-state index contributed by atoms with van der Waals surface area (Å²) in [4.78, 5) is 19.6. The van der Waals surface area contributed by atoms with E-state index >= 15 is 0 Å². The van der Waals surface area contributed by atoms with Crippen LogP contribution in [0.5, 0.6) is 0 Å². The topological polar surface area (TPSA) is 54.9 Å². The van der Waals surface area contributed by atoms with E-state index in [2.05, 4.69) is 31.2 Å². The quantitative estimate of drug-likeness (QED) is 0.899. The van der Waals surface area contributed by atoms with E-state index in [0.717, 1.165) is 0 Å². The van der Waals surface area contributed by atoms with Crippen molar-refractivity contribution in [3.63, 3.8) is 0 Å². The van der Waals surface area contributed by atoms with E-state index in [-0.39, 0.29) is 11.1 Å². The number of nitrogens with one attached hydrogen (secondary N) is 1. The van der Waals surface area contributed by atoms with Crippen molar-refractivity contribution < 1.29 is 4.79 Å². The lowest BCUT2D eigenvalue weighted by Gasteiger charge is -2.05. The molecule has 0 aliphatic carbocycles. The van der Waals surface area contributed by atoms with Crippen molar-refractivity contribution >= 4 is 50.9 Å². The van der Waals surface area contributed by atoms with Crippen LogP contribution >= 0.6 is 39.1 Å². The van der Waals surface area contributed by atoms with Gasteiger partial charge < -0.3 is 5.32 Å². The largest absolute Gasteiger partial charge is 0.305 e. The average molecular weight is 347 g/mol. The summed E-state index contributed by atoms with van der Waals surface area (Å²) in [5, 5.41) is 3.40. The first-order valence-electron chi connectivity index (χ1n) is 4.80. The molecule has 1 heterocycles. The Labute approximate surface area is 121 Å². The minimum Gasteiger partial charge on any atom is -0.305 e. The van der Waals surface area contributed by atoms with E-state index < -0.39 is 0 Å². The average Bonchev–Trinajstić information content (AvgIpc) is 2.35. The molecule has 0 atom stereocenters. The zero-order valence-corrected chi connectivity index (χ0v) is 11.9. The zero-order chi connectivity index (χ0) is 13.1. The highest BCUT2D eigenvalue weighted by atomic mass is 79.9. The van der Waals surface area contributed by atoms with Crippen molar-refractivity contribution in [1.82, 2.24) is 9.97 Å². The molecule has 0 spiro atoms. The van der Waals surface area contributed by atoms with Gasteiger partial charge in [-0.3, -0.25) is 4.79 Å². The predicted octanol–water partition coefficient (Wildman–Crippen LogP) is 3.80. The molecule has 0 saturated heterocycles. The highest BCUT2D eigenvalue weighted by Crippen LogP contribution is 2.23. The lowest BCUT2D eigenvalue weighted by molar-refractivity contribution is 0.102. The van der Waals surface area contributed by atoms with Gasteiger partial charge in [-0.15, -0.1) is 0 Å². The number of rotatable bonds is 2. The molecule has 1 N–H and O–H groups in total. The van der Waals surface area contributed by atoms with Crippen LogP contribution in [-0.2, 0) is 0 Å². The first-order chi connectivity index (χ1) is 8.56. The van der Waals surface area contributed by atoms with Crippen molar-refractivity contribution in [2.45, 2.75) is 0 Å². The van der Waals surface area contributed by atoms with Gasteiger partial charge in [0.15, 0.2) is 5.82 Å². The molecule has 2 rings (SSSR count). The summed E-state index contributed by atoms with van der Waals surface area (Å²) in [5.74, 6) is 0.0273. The SMILES string of the molecule is O=C(Nc1cnc(Cl)cn1)c1ccc(Cl)c(Br)c1. The van der Waals surface area contributed by atoms with E-state index in [0.29, 0.717) is 20.9 Å². The summed E-state index contributed by atoms with van der Waals surface area (Å²) in [5.41, 5.74) is 0.461. The molecule has 0 saturated carbocycles. The standard InChI is InChI=1S/C11H6BrCl2N3O/c12-7-3-6(1-2-8(7)13)11(18)17-10-5-15-9(14)4-16-10/h1-5H,(H,16,17,18). The highest BCUT2D eigenvalue weighted by molar-refractivity contribution is 9.10. The molecule has 1 aromatic heterocycles. The first kappa shape index (κ1) is 13.3. The second-order valence-corrected chi connectivity index (χ2v) is 4.96. The van der Waals surface area contributed by atoms with E-state index in [1.807, 2.05) is 0 Å². The van der Waals surface area contributed by atoms with Crippen LogP contribution in [0.3, 0.4) is 0 Å². The summed E-state index contributed by atoms with van der Waals surface area (Å²) in [6.45, 7) is 0. The molecule has 1 amide bonds.